The molecule has 0 N–H and O–H groups in total. The summed E-state index contributed by atoms with van der Waals surface area (Å²) in [5.74, 6) is 2.34. The Balaban J connectivity index is 1.40. The first kappa shape index (κ1) is 17.3. The van der Waals surface area contributed by atoms with Crippen LogP contribution in [0.3, 0.4) is 0 Å². The average Bonchev–Trinajstić information content (AvgIpc) is 3.25. The molecule has 5 rings (SSSR count). The van der Waals surface area contributed by atoms with Gasteiger partial charge in [0.05, 0.1) is 5.69 Å². The van der Waals surface area contributed by atoms with Gasteiger partial charge in [-0.2, -0.15) is 0 Å². The highest BCUT2D eigenvalue weighted by atomic mass is 16.7. The van der Waals surface area contributed by atoms with Crippen molar-refractivity contribution in [3.63, 3.8) is 0 Å². The standard InChI is InChI=1S/C25H19NO3/c1-2-5-19(6-3-1)16-27-23-8-4-7-20-11-13-21(26-25(20)23)12-9-18-10-14-22-24(15-18)29-17-28-22/h1-15H,16-17H2/b12-9+. The molecule has 0 amide bonds. The van der Waals surface area contributed by atoms with Gasteiger partial charge in [0.1, 0.15) is 17.9 Å². The Labute approximate surface area is 169 Å². The van der Waals surface area contributed by atoms with E-state index in [4.69, 9.17) is 19.2 Å². The number of rotatable bonds is 5. The zero-order chi connectivity index (χ0) is 19.5. The summed E-state index contributed by atoms with van der Waals surface area (Å²) in [5, 5.41) is 1.05. The molecule has 0 aliphatic carbocycles. The Morgan fingerprint density at radius 3 is 2.66 bits per heavy atom. The van der Waals surface area contributed by atoms with Crippen LogP contribution in [0.2, 0.25) is 0 Å². The lowest BCUT2D eigenvalue weighted by molar-refractivity contribution is 0.174. The molecule has 4 nitrogen and oxygen atoms in total. The van der Waals surface area contributed by atoms with E-state index in [1.807, 2.05) is 72.8 Å². The summed E-state index contributed by atoms with van der Waals surface area (Å²) in [6, 6.07) is 26.1. The molecule has 1 aliphatic rings. The Morgan fingerprint density at radius 2 is 1.72 bits per heavy atom. The van der Waals surface area contributed by atoms with Crippen molar-refractivity contribution in [2.45, 2.75) is 6.61 Å². The van der Waals surface area contributed by atoms with Crippen LogP contribution in [0, 0.1) is 0 Å². The minimum absolute atomic E-state index is 0.278. The summed E-state index contributed by atoms with van der Waals surface area (Å²) in [4.78, 5) is 4.81. The molecule has 4 aromatic rings. The van der Waals surface area contributed by atoms with E-state index in [1.54, 1.807) is 0 Å². The molecule has 0 atom stereocenters. The first-order valence-corrected chi connectivity index (χ1v) is 9.49. The van der Waals surface area contributed by atoms with Crippen LogP contribution in [0.4, 0.5) is 0 Å². The van der Waals surface area contributed by atoms with Crippen LogP contribution in [-0.4, -0.2) is 11.8 Å². The monoisotopic (exact) mass is 381 g/mol. The molecule has 2 heterocycles. The molecule has 0 unspecified atom stereocenters. The van der Waals surface area contributed by atoms with Gasteiger partial charge in [-0.3, -0.25) is 0 Å². The molecule has 0 bridgehead atoms. The smallest absolute Gasteiger partial charge is 0.231 e. The lowest BCUT2D eigenvalue weighted by Crippen LogP contribution is -1.97. The summed E-state index contributed by atoms with van der Waals surface area (Å²) in [6.45, 7) is 0.791. The Bertz CT molecular complexity index is 1190. The van der Waals surface area contributed by atoms with Gasteiger partial charge in [-0.1, -0.05) is 60.7 Å². The predicted octanol–water partition coefficient (Wildman–Crippen LogP) is 5.71. The van der Waals surface area contributed by atoms with Gasteiger partial charge >= 0.3 is 0 Å². The van der Waals surface area contributed by atoms with Gasteiger partial charge in [0.25, 0.3) is 0 Å². The van der Waals surface area contributed by atoms with Crippen LogP contribution in [0.5, 0.6) is 17.2 Å². The molecular formula is C25H19NO3. The van der Waals surface area contributed by atoms with Gasteiger partial charge in [0, 0.05) is 5.39 Å². The first-order valence-electron chi connectivity index (χ1n) is 9.49. The third-order valence-corrected chi connectivity index (χ3v) is 4.79. The summed E-state index contributed by atoms with van der Waals surface area (Å²) in [7, 11) is 0. The second-order valence-electron chi connectivity index (χ2n) is 6.78. The van der Waals surface area contributed by atoms with E-state index in [-0.39, 0.29) is 6.79 Å². The molecule has 3 aromatic carbocycles. The maximum Gasteiger partial charge on any atom is 0.231 e. The van der Waals surface area contributed by atoms with Crippen LogP contribution in [0.25, 0.3) is 23.1 Å². The van der Waals surface area contributed by atoms with E-state index in [9.17, 15) is 0 Å². The Kier molecular flexibility index (Phi) is 4.59. The molecule has 0 radical (unpaired) electrons. The molecular weight excluding hydrogens is 362 g/mol. The van der Waals surface area contributed by atoms with Gasteiger partial charge in [-0.25, -0.2) is 4.98 Å². The molecule has 1 aliphatic heterocycles. The van der Waals surface area contributed by atoms with E-state index < -0.39 is 0 Å². The third-order valence-electron chi connectivity index (χ3n) is 4.79. The van der Waals surface area contributed by atoms with Crippen molar-refractivity contribution in [1.29, 1.82) is 0 Å². The topological polar surface area (TPSA) is 40.6 Å². The number of fused-ring (bicyclic) bond motifs is 2. The van der Waals surface area contributed by atoms with Gasteiger partial charge in [-0.05, 0) is 41.5 Å². The number of pyridine rings is 1. The number of benzene rings is 3. The second-order valence-corrected chi connectivity index (χ2v) is 6.78. The van der Waals surface area contributed by atoms with E-state index in [2.05, 4.69) is 18.2 Å². The highest BCUT2D eigenvalue weighted by molar-refractivity contribution is 5.86. The normalized spacial score (nSPS) is 12.6. The zero-order valence-electron chi connectivity index (χ0n) is 15.7. The molecule has 4 heteroatoms. The quantitative estimate of drug-likeness (QED) is 0.444. The minimum atomic E-state index is 0.278. The molecule has 0 fully saturated rings. The molecule has 29 heavy (non-hydrogen) atoms. The minimum Gasteiger partial charge on any atom is -0.487 e. The number of nitrogens with zero attached hydrogens (tertiary/aromatic N) is 1. The van der Waals surface area contributed by atoms with Gasteiger partial charge in [0.2, 0.25) is 6.79 Å². The van der Waals surface area contributed by atoms with Crippen molar-refractivity contribution in [3.8, 4) is 17.2 Å². The van der Waals surface area contributed by atoms with E-state index in [1.165, 1.54) is 0 Å². The SMILES string of the molecule is C(=C\c1ccc2cccc(OCc3ccccc3)c2n1)/c1ccc2c(c1)OCO2. The lowest BCUT2D eigenvalue weighted by Gasteiger charge is -2.09. The van der Waals surface area contributed by atoms with Gasteiger partial charge in [-0.15, -0.1) is 0 Å². The first-order chi connectivity index (χ1) is 14.3. The molecule has 0 saturated carbocycles. The van der Waals surface area contributed by atoms with Crippen molar-refractivity contribution < 1.29 is 14.2 Å². The van der Waals surface area contributed by atoms with Crippen LogP contribution in [0.1, 0.15) is 16.8 Å². The van der Waals surface area contributed by atoms with Crippen LogP contribution >= 0.6 is 0 Å². The molecule has 1 aromatic heterocycles. The highest BCUT2D eigenvalue weighted by Crippen LogP contribution is 2.33. The van der Waals surface area contributed by atoms with Gasteiger partial charge in [0.15, 0.2) is 11.5 Å². The Morgan fingerprint density at radius 1 is 0.828 bits per heavy atom. The van der Waals surface area contributed by atoms with E-state index in [0.717, 1.165) is 45.0 Å². The fraction of sp³-hybridized carbons (Fsp3) is 0.0800. The lowest BCUT2D eigenvalue weighted by atomic mass is 10.1. The van der Waals surface area contributed by atoms with Crippen molar-refractivity contribution in [2.24, 2.45) is 0 Å². The number of aromatic nitrogens is 1. The Hall–Kier alpha value is -3.79. The van der Waals surface area contributed by atoms with Crippen LogP contribution in [-0.2, 0) is 6.61 Å². The molecule has 0 saturated heterocycles. The van der Waals surface area contributed by atoms with Crippen molar-refractivity contribution in [1.82, 2.24) is 4.98 Å². The molecule has 142 valence electrons. The average molecular weight is 381 g/mol. The largest absolute Gasteiger partial charge is 0.487 e. The summed E-state index contributed by atoms with van der Waals surface area (Å²) < 4.78 is 16.9. The molecule has 0 spiro atoms. The van der Waals surface area contributed by atoms with Crippen molar-refractivity contribution >= 4 is 23.1 Å². The van der Waals surface area contributed by atoms with Crippen LogP contribution < -0.4 is 14.2 Å². The fourth-order valence-corrected chi connectivity index (χ4v) is 3.28. The summed E-state index contributed by atoms with van der Waals surface area (Å²) >= 11 is 0. The summed E-state index contributed by atoms with van der Waals surface area (Å²) in [5.41, 5.74) is 3.88. The summed E-state index contributed by atoms with van der Waals surface area (Å²) in [6.07, 6.45) is 4.01. The second kappa shape index (κ2) is 7.68. The number of ether oxygens (including phenoxy) is 3. The zero-order valence-corrected chi connectivity index (χ0v) is 15.7. The van der Waals surface area contributed by atoms with Gasteiger partial charge < -0.3 is 14.2 Å². The maximum absolute atomic E-state index is 6.06. The fourth-order valence-electron chi connectivity index (χ4n) is 3.28. The van der Waals surface area contributed by atoms with Crippen LogP contribution in [0.15, 0.2) is 78.9 Å². The number of hydrogen-bond donors (Lipinski definition) is 0. The van der Waals surface area contributed by atoms with E-state index in [0.29, 0.717) is 6.61 Å². The highest BCUT2D eigenvalue weighted by Gasteiger charge is 2.12. The third kappa shape index (κ3) is 3.78. The number of hydrogen-bond acceptors (Lipinski definition) is 4. The predicted molar refractivity (Wildman–Crippen MR) is 114 cm³/mol. The van der Waals surface area contributed by atoms with E-state index >= 15 is 0 Å². The maximum atomic E-state index is 6.06. The van der Waals surface area contributed by atoms with Crippen molar-refractivity contribution in [3.05, 3.63) is 95.7 Å². The number of para-hydroxylation sites is 1. The van der Waals surface area contributed by atoms with Crippen molar-refractivity contribution in [2.75, 3.05) is 6.79 Å².